The number of carbonyl (C=O) groups is 1. The van der Waals surface area contributed by atoms with E-state index < -0.39 is 0 Å². The quantitative estimate of drug-likeness (QED) is 0.481. The maximum atomic E-state index is 13.4. The summed E-state index contributed by atoms with van der Waals surface area (Å²) in [5, 5.41) is 14.4. The number of nitrogens with one attached hydrogen (secondary N) is 1. The van der Waals surface area contributed by atoms with Gasteiger partial charge in [0.15, 0.2) is 0 Å². The van der Waals surface area contributed by atoms with E-state index in [0.29, 0.717) is 19.5 Å². The molecule has 1 fully saturated rings. The van der Waals surface area contributed by atoms with Gasteiger partial charge in [-0.25, -0.2) is 0 Å². The fraction of sp³-hybridized carbons (Fsp3) is 0.280. The molecule has 1 aromatic heterocycles. The fourth-order valence-electron chi connectivity index (χ4n) is 4.92. The second-order valence-corrected chi connectivity index (χ2v) is 8.50. The van der Waals surface area contributed by atoms with Gasteiger partial charge in [-0.2, -0.15) is 0 Å². The van der Waals surface area contributed by atoms with Gasteiger partial charge in [0.05, 0.1) is 16.9 Å². The summed E-state index contributed by atoms with van der Waals surface area (Å²) in [7, 11) is 0. The number of nitro benzene ring substituents is 1. The van der Waals surface area contributed by atoms with Crippen LogP contribution in [-0.4, -0.2) is 41.5 Å². The number of para-hydroxylation sites is 1. The molecule has 2 aliphatic rings. The largest absolute Gasteiger partial charge is 0.368 e. The molecule has 2 atom stereocenters. The van der Waals surface area contributed by atoms with Gasteiger partial charge in [-0.15, -0.1) is 0 Å². The molecule has 0 radical (unpaired) electrons. The van der Waals surface area contributed by atoms with Gasteiger partial charge in [-0.1, -0.05) is 24.3 Å². The van der Waals surface area contributed by atoms with Gasteiger partial charge in [-0.3, -0.25) is 19.9 Å². The molecule has 5 rings (SSSR count). The highest BCUT2D eigenvalue weighted by Gasteiger charge is 2.42. The Hall–Kier alpha value is -3.94. The molecule has 0 spiro atoms. The summed E-state index contributed by atoms with van der Waals surface area (Å²) < 4.78 is 0. The zero-order chi connectivity index (χ0) is 22.8. The van der Waals surface area contributed by atoms with Crippen molar-refractivity contribution in [2.24, 2.45) is 5.92 Å². The second-order valence-electron chi connectivity index (χ2n) is 8.50. The summed E-state index contributed by atoms with van der Waals surface area (Å²) in [4.78, 5) is 33.0. The van der Waals surface area contributed by atoms with E-state index in [1.807, 2.05) is 36.4 Å². The smallest absolute Gasteiger partial charge is 0.269 e. The first-order valence-corrected chi connectivity index (χ1v) is 11.1. The van der Waals surface area contributed by atoms with E-state index in [-0.39, 0.29) is 28.5 Å². The predicted octanol–water partition coefficient (Wildman–Crippen LogP) is 3.17. The van der Waals surface area contributed by atoms with Crippen LogP contribution >= 0.6 is 0 Å². The molecular weight excluding hydrogens is 418 g/mol. The number of piperazine rings is 1. The third kappa shape index (κ3) is 4.24. The van der Waals surface area contributed by atoms with Crippen LogP contribution in [-0.2, 0) is 17.8 Å². The van der Waals surface area contributed by atoms with E-state index in [1.54, 1.807) is 24.5 Å². The van der Waals surface area contributed by atoms with Crippen molar-refractivity contribution in [2.45, 2.75) is 19.0 Å². The first-order chi connectivity index (χ1) is 16.1. The van der Waals surface area contributed by atoms with E-state index in [4.69, 9.17) is 0 Å². The molecule has 1 N–H and O–H groups in total. The van der Waals surface area contributed by atoms with Crippen LogP contribution < -0.4 is 15.1 Å². The zero-order valence-electron chi connectivity index (χ0n) is 18.1. The van der Waals surface area contributed by atoms with Crippen LogP contribution in [0.3, 0.4) is 0 Å². The summed E-state index contributed by atoms with van der Waals surface area (Å²) in [6, 6.07) is 19.0. The summed E-state index contributed by atoms with van der Waals surface area (Å²) in [5.41, 5.74) is 3.99. The summed E-state index contributed by atoms with van der Waals surface area (Å²) in [5.74, 6) is -0.358. The van der Waals surface area contributed by atoms with Crippen LogP contribution in [0, 0.1) is 16.0 Å². The maximum Gasteiger partial charge on any atom is 0.269 e. The Bertz CT molecular complexity index is 1160. The van der Waals surface area contributed by atoms with Crippen molar-refractivity contribution in [1.82, 2.24) is 10.3 Å². The Morgan fingerprint density at radius 3 is 2.73 bits per heavy atom. The lowest BCUT2D eigenvalue weighted by Gasteiger charge is -2.49. The molecule has 2 aromatic carbocycles. The fourth-order valence-corrected chi connectivity index (χ4v) is 4.92. The van der Waals surface area contributed by atoms with Gasteiger partial charge in [0, 0.05) is 62.1 Å². The second kappa shape index (κ2) is 8.90. The predicted molar refractivity (Wildman–Crippen MR) is 126 cm³/mol. The van der Waals surface area contributed by atoms with Gasteiger partial charge in [0.1, 0.15) is 0 Å². The van der Waals surface area contributed by atoms with E-state index in [9.17, 15) is 14.9 Å². The number of carbonyl (C=O) groups excluding carboxylic acids is 1. The number of nitro groups is 1. The number of benzene rings is 2. The zero-order valence-corrected chi connectivity index (χ0v) is 18.1. The standard InChI is InChI=1S/C25H25N5O3/c31-25(27-16-18-5-4-10-26-15-18)22-14-19-13-21(30(32)33)8-9-23(19)29-12-11-28(17-24(22)29)20-6-2-1-3-7-20/h1-10,13,15,22,24H,11-12,14,16-17H2,(H,27,31)/t22-,24-/m0/s1. The molecule has 1 saturated heterocycles. The number of aromatic nitrogens is 1. The number of anilines is 2. The lowest BCUT2D eigenvalue weighted by molar-refractivity contribution is -0.384. The lowest BCUT2D eigenvalue weighted by Crippen LogP contribution is -2.61. The molecule has 3 heterocycles. The van der Waals surface area contributed by atoms with Gasteiger partial charge in [0.25, 0.3) is 5.69 Å². The summed E-state index contributed by atoms with van der Waals surface area (Å²) >= 11 is 0. The molecular formula is C25H25N5O3. The lowest BCUT2D eigenvalue weighted by atomic mass is 9.83. The molecule has 168 valence electrons. The Morgan fingerprint density at radius 2 is 1.97 bits per heavy atom. The summed E-state index contributed by atoms with van der Waals surface area (Å²) in [6.07, 6.45) is 3.91. The molecule has 0 aliphatic carbocycles. The van der Waals surface area contributed by atoms with E-state index >= 15 is 0 Å². The van der Waals surface area contributed by atoms with Crippen molar-refractivity contribution in [2.75, 3.05) is 29.4 Å². The van der Waals surface area contributed by atoms with E-state index in [1.165, 1.54) is 0 Å². The van der Waals surface area contributed by atoms with Gasteiger partial charge in [-0.05, 0) is 41.8 Å². The van der Waals surface area contributed by atoms with Gasteiger partial charge in [0.2, 0.25) is 5.91 Å². The average molecular weight is 444 g/mol. The molecule has 0 saturated carbocycles. The Morgan fingerprint density at radius 1 is 1.12 bits per heavy atom. The Labute approximate surface area is 192 Å². The van der Waals surface area contributed by atoms with Crippen LogP contribution in [0.25, 0.3) is 0 Å². The van der Waals surface area contributed by atoms with Crippen molar-refractivity contribution in [3.63, 3.8) is 0 Å². The maximum absolute atomic E-state index is 13.4. The molecule has 0 unspecified atom stereocenters. The van der Waals surface area contributed by atoms with E-state index in [2.05, 4.69) is 32.2 Å². The first kappa shape index (κ1) is 20.9. The van der Waals surface area contributed by atoms with Crippen LogP contribution in [0.4, 0.5) is 17.1 Å². The molecule has 33 heavy (non-hydrogen) atoms. The normalized spacial score (nSPS) is 19.4. The number of non-ortho nitro benzene ring substituents is 1. The number of rotatable bonds is 5. The molecule has 3 aromatic rings. The third-order valence-electron chi connectivity index (χ3n) is 6.55. The molecule has 0 bridgehead atoms. The molecule has 8 heteroatoms. The first-order valence-electron chi connectivity index (χ1n) is 11.1. The van der Waals surface area contributed by atoms with E-state index in [0.717, 1.165) is 35.6 Å². The van der Waals surface area contributed by atoms with Crippen LogP contribution in [0.2, 0.25) is 0 Å². The van der Waals surface area contributed by atoms with Crippen LogP contribution in [0.1, 0.15) is 11.1 Å². The molecule has 2 aliphatic heterocycles. The minimum Gasteiger partial charge on any atom is -0.368 e. The minimum absolute atomic E-state index is 0.0261. The highest BCUT2D eigenvalue weighted by atomic mass is 16.6. The SMILES string of the molecule is O=C(NCc1cccnc1)[C@H]1Cc2cc([N+](=O)[O-])ccc2N2CCN(c3ccccc3)C[C@@H]12. The van der Waals surface area contributed by atoms with Crippen molar-refractivity contribution in [3.8, 4) is 0 Å². The Balaban J connectivity index is 1.43. The topological polar surface area (TPSA) is 91.6 Å². The van der Waals surface area contributed by atoms with Crippen molar-refractivity contribution < 1.29 is 9.72 Å². The van der Waals surface area contributed by atoms with Crippen LogP contribution in [0.15, 0.2) is 73.1 Å². The van der Waals surface area contributed by atoms with Crippen molar-refractivity contribution in [3.05, 3.63) is 94.3 Å². The third-order valence-corrected chi connectivity index (χ3v) is 6.55. The summed E-state index contributed by atoms with van der Waals surface area (Å²) in [6.45, 7) is 2.68. The highest BCUT2D eigenvalue weighted by molar-refractivity contribution is 5.82. The average Bonchev–Trinajstić information content (AvgIpc) is 2.87. The number of hydrogen-bond acceptors (Lipinski definition) is 6. The monoisotopic (exact) mass is 443 g/mol. The van der Waals surface area contributed by atoms with Gasteiger partial charge >= 0.3 is 0 Å². The molecule has 8 nitrogen and oxygen atoms in total. The number of nitrogens with zero attached hydrogens (tertiary/aromatic N) is 4. The minimum atomic E-state index is -0.378. The number of fused-ring (bicyclic) bond motifs is 3. The highest BCUT2D eigenvalue weighted by Crippen LogP contribution is 2.38. The number of hydrogen-bond donors (Lipinski definition) is 1. The number of amides is 1. The van der Waals surface area contributed by atoms with Crippen LogP contribution in [0.5, 0.6) is 0 Å². The van der Waals surface area contributed by atoms with Crippen molar-refractivity contribution in [1.29, 1.82) is 0 Å². The Kier molecular flexibility index (Phi) is 5.64. The van der Waals surface area contributed by atoms with Crippen molar-refractivity contribution >= 4 is 23.0 Å². The number of pyridine rings is 1. The molecule has 1 amide bonds. The van der Waals surface area contributed by atoms with Gasteiger partial charge < -0.3 is 15.1 Å².